The Balaban J connectivity index is 3.02. The predicted molar refractivity (Wildman–Crippen MR) is 69.8 cm³/mol. The first-order chi connectivity index (χ1) is 10.8. The molecule has 1 rings (SSSR count). The first-order valence-corrected chi connectivity index (χ1v) is 5.97. The van der Waals surface area contributed by atoms with Gasteiger partial charge in [-0.2, -0.15) is 26.3 Å². The largest absolute Gasteiger partial charge is 0.507 e. The van der Waals surface area contributed by atoms with Crippen LogP contribution in [-0.4, -0.2) is 34.1 Å². The molecule has 0 saturated carbocycles. The average molecular weight is 354 g/mol. The lowest BCUT2D eigenvalue weighted by atomic mass is 10.1. The van der Waals surface area contributed by atoms with E-state index in [9.17, 15) is 46.1 Å². The zero-order valence-electron chi connectivity index (χ0n) is 11.4. The van der Waals surface area contributed by atoms with E-state index in [0.29, 0.717) is 0 Å². The molecular formula is C14H8F6O4. The van der Waals surface area contributed by atoms with Gasteiger partial charge in [0.25, 0.3) is 11.6 Å². The van der Waals surface area contributed by atoms with E-state index in [2.05, 4.69) is 0 Å². The van der Waals surface area contributed by atoms with Gasteiger partial charge >= 0.3 is 12.4 Å². The number of aliphatic hydroxyl groups is 2. The standard InChI is InChI=1S/C14H8F6O4/c15-13(16,17)11(23)5-9(21)7-1-2-8(4-3-7)10(22)6-12(24)14(18,19)20/h1-6,21-22H/b9-5-,10-6+. The Morgan fingerprint density at radius 1 is 0.708 bits per heavy atom. The van der Waals surface area contributed by atoms with Gasteiger partial charge in [-0.3, -0.25) is 9.59 Å². The first-order valence-electron chi connectivity index (χ1n) is 5.97. The highest BCUT2D eigenvalue weighted by Gasteiger charge is 2.37. The highest BCUT2D eigenvalue weighted by molar-refractivity contribution is 6.00. The van der Waals surface area contributed by atoms with E-state index in [1.807, 2.05) is 0 Å². The molecule has 130 valence electrons. The van der Waals surface area contributed by atoms with Crippen LogP contribution in [-0.2, 0) is 9.59 Å². The summed E-state index contributed by atoms with van der Waals surface area (Å²) in [7, 11) is 0. The Morgan fingerprint density at radius 3 is 1.17 bits per heavy atom. The number of ketones is 2. The summed E-state index contributed by atoms with van der Waals surface area (Å²) in [5, 5.41) is 18.8. The lowest BCUT2D eigenvalue weighted by molar-refractivity contribution is -0.165. The molecular weight excluding hydrogens is 346 g/mol. The average Bonchev–Trinajstić information content (AvgIpc) is 2.45. The number of hydrogen-bond donors (Lipinski definition) is 2. The van der Waals surface area contributed by atoms with Gasteiger partial charge < -0.3 is 10.2 Å². The number of halogens is 6. The molecule has 1 aromatic carbocycles. The third kappa shape index (κ3) is 5.14. The van der Waals surface area contributed by atoms with Gasteiger partial charge in [-0.1, -0.05) is 24.3 Å². The molecule has 0 spiro atoms. The number of hydrogen-bond acceptors (Lipinski definition) is 4. The van der Waals surface area contributed by atoms with Gasteiger partial charge in [-0.25, -0.2) is 0 Å². The van der Waals surface area contributed by atoms with Crippen molar-refractivity contribution in [2.75, 3.05) is 0 Å². The second-order valence-electron chi connectivity index (χ2n) is 4.36. The van der Waals surface area contributed by atoms with Crippen LogP contribution in [0.4, 0.5) is 26.3 Å². The van der Waals surface area contributed by atoms with Crippen molar-refractivity contribution in [3.05, 3.63) is 47.5 Å². The molecule has 0 aliphatic carbocycles. The van der Waals surface area contributed by atoms with Crippen molar-refractivity contribution in [2.45, 2.75) is 12.4 Å². The van der Waals surface area contributed by atoms with Gasteiger partial charge in [0.1, 0.15) is 11.5 Å². The maximum absolute atomic E-state index is 12.0. The SMILES string of the molecule is O=C(/C=C(\O)c1ccc(/C(O)=C\C(=O)C(F)(F)F)cc1)C(F)(F)F. The van der Waals surface area contributed by atoms with Crippen LogP contribution in [0.1, 0.15) is 11.1 Å². The number of rotatable bonds is 4. The fourth-order valence-electron chi connectivity index (χ4n) is 1.39. The van der Waals surface area contributed by atoms with E-state index in [1.165, 1.54) is 0 Å². The number of aliphatic hydroxyl groups excluding tert-OH is 2. The van der Waals surface area contributed by atoms with Crippen LogP contribution in [0, 0.1) is 0 Å². The normalized spacial score (nSPS) is 13.8. The molecule has 4 nitrogen and oxygen atoms in total. The van der Waals surface area contributed by atoms with E-state index in [4.69, 9.17) is 0 Å². The molecule has 0 unspecified atom stereocenters. The van der Waals surface area contributed by atoms with Crippen LogP contribution in [0.2, 0.25) is 0 Å². The maximum Gasteiger partial charge on any atom is 0.454 e. The van der Waals surface area contributed by atoms with Gasteiger partial charge in [0.15, 0.2) is 0 Å². The molecule has 0 heterocycles. The Kier molecular flexibility index (Phi) is 5.43. The van der Waals surface area contributed by atoms with Gasteiger partial charge in [-0.05, 0) is 0 Å². The number of alkyl halides is 6. The van der Waals surface area contributed by atoms with E-state index >= 15 is 0 Å². The Morgan fingerprint density at radius 2 is 0.958 bits per heavy atom. The van der Waals surface area contributed by atoms with E-state index < -0.39 is 35.4 Å². The van der Waals surface area contributed by atoms with Crippen LogP contribution < -0.4 is 0 Å². The first kappa shape index (κ1) is 19.3. The highest BCUT2D eigenvalue weighted by atomic mass is 19.4. The topological polar surface area (TPSA) is 74.6 Å². The van der Waals surface area contributed by atoms with Crippen molar-refractivity contribution in [1.29, 1.82) is 0 Å². The number of carbonyl (C=O) groups excluding carboxylic acids is 2. The zero-order chi connectivity index (χ0) is 18.7. The molecule has 0 fully saturated rings. The monoisotopic (exact) mass is 354 g/mol. The molecule has 0 bridgehead atoms. The molecule has 2 N–H and O–H groups in total. The molecule has 10 heteroatoms. The number of carbonyl (C=O) groups is 2. The second-order valence-corrected chi connectivity index (χ2v) is 4.36. The third-order valence-corrected chi connectivity index (χ3v) is 2.57. The van der Waals surface area contributed by atoms with Crippen LogP contribution >= 0.6 is 0 Å². The number of benzene rings is 1. The highest BCUT2D eigenvalue weighted by Crippen LogP contribution is 2.22. The molecule has 24 heavy (non-hydrogen) atoms. The van der Waals surface area contributed by atoms with Crippen molar-refractivity contribution in [3.8, 4) is 0 Å². The molecule has 0 aromatic heterocycles. The molecule has 0 aliphatic heterocycles. The van der Waals surface area contributed by atoms with Crippen molar-refractivity contribution >= 4 is 23.1 Å². The summed E-state index contributed by atoms with van der Waals surface area (Å²) < 4.78 is 72.3. The van der Waals surface area contributed by atoms with Gasteiger partial charge in [0, 0.05) is 23.3 Å². The van der Waals surface area contributed by atoms with Crippen LogP contribution in [0.15, 0.2) is 36.4 Å². The van der Waals surface area contributed by atoms with Gasteiger partial charge in [0.2, 0.25) is 0 Å². The summed E-state index contributed by atoms with van der Waals surface area (Å²) in [4.78, 5) is 21.4. The molecule has 0 amide bonds. The Labute approximate surface area is 130 Å². The van der Waals surface area contributed by atoms with E-state index in [0.717, 1.165) is 24.3 Å². The van der Waals surface area contributed by atoms with Crippen LogP contribution in [0.25, 0.3) is 11.5 Å². The summed E-state index contributed by atoms with van der Waals surface area (Å²) in [6.45, 7) is 0. The summed E-state index contributed by atoms with van der Waals surface area (Å²) in [6.07, 6.45) is -10.5. The molecule has 0 atom stereocenters. The van der Waals surface area contributed by atoms with Crippen molar-refractivity contribution in [3.63, 3.8) is 0 Å². The van der Waals surface area contributed by atoms with Crippen molar-refractivity contribution in [1.82, 2.24) is 0 Å². The third-order valence-electron chi connectivity index (χ3n) is 2.57. The molecule has 0 radical (unpaired) electrons. The lowest BCUT2D eigenvalue weighted by Gasteiger charge is -2.05. The quantitative estimate of drug-likeness (QED) is 0.491. The van der Waals surface area contributed by atoms with Crippen molar-refractivity contribution < 1.29 is 46.1 Å². The van der Waals surface area contributed by atoms with Crippen LogP contribution in [0.5, 0.6) is 0 Å². The summed E-state index contributed by atoms with van der Waals surface area (Å²) in [5.41, 5.74) is -0.516. The summed E-state index contributed by atoms with van der Waals surface area (Å²) >= 11 is 0. The minimum absolute atomic E-state index is 0.0715. The molecule has 1 aromatic rings. The molecule has 0 aliphatic rings. The van der Waals surface area contributed by atoms with Crippen molar-refractivity contribution in [2.24, 2.45) is 0 Å². The van der Waals surface area contributed by atoms with E-state index in [1.54, 1.807) is 0 Å². The minimum atomic E-state index is -5.17. The summed E-state index contributed by atoms with van der Waals surface area (Å²) in [5.74, 6) is -6.66. The summed E-state index contributed by atoms with van der Waals surface area (Å²) in [6, 6.07) is 3.75. The Bertz CT molecular complexity index is 634. The predicted octanol–water partition coefficient (Wildman–Crippen LogP) is 3.75. The zero-order valence-corrected chi connectivity index (χ0v) is 11.4. The maximum atomic E-state index is 12.0. The minimum Gasteiger partial charge on any atom is -0.507 e. The number of allylic oxidation sites excluding steroid dienone is 2. The molecule has 0 saturated heterocycles. The second kappa shape index (κ2) is 6.77. The van der Waals surface area contributed by atoms with E-state index in [-0.39, 0.29) is 23.3 Å². The smallest absolute Gasteiger partial charge is 0.454 e. The fourth-order valence-corrected chi connectivity index (χ4v) is 1.39. The fraction of sp³-hybridized carbons (Fsp3) is 0.143. The van der Waals surface area contributed by atoms with Gasteiger partial charge in [-0.15, -0.1) is 0 Å². The Hall–Kier alpha value is -2.78. The van der Waals surface area contributed by atoms with Gasteiger partial charge in [0.05, 0.1) is 0 Å². The van der Waals surface area contributed by atoms with Crippen LogP contribution in [0.3, 0.4) is 0 Å². The lowest BCUT2D eigenvalue weighted by Crippen LogP contribution is -2.20.